The van der Waals surface area contributed by atoms with Crippen LogP contribution in [0.3, 0.4) is 0 Å². The predicted molar refractivity (Wildman–Crippen MR) is 104 cm³/mol. The third-order valence-corrected chi connectivity index (χ3v) is 4.26. The van der Waals surface area contributed by atoms with Crippen molar-refractivity contribution in [2.24, 2.45) is 0 Å². The molecule has 1 aromatic heterocycles. The van der Waals surface area contributed by atoms with Crippen molar-refractivity contribution in [2.75, 3.05) is 12.4 Å². The first kappa shape index (κ1) is 19.0. The standard InChI is InChI=1S/C19H22ClN5O2/c1-4-25-23-19(22-24-25)21-11-15-9-16(20)18(17(10-15)26-3)27-12-14-7-5-13(2)6-8-14/h5-10H,4,11-12H2,1-3H3,(H,21,23). The van der Waals surface area contributed by atoms with Gasteiger partial charge in [0.2, 0.25) is 0 Å². The van der Waals surface area contributed by atoms with Crippen LogP contribution in [0.1, 0.15) is 23.6 Å². The van der Waals surface area contributed by atoms with Crippen molar-refractivity contribution in [3.05, 3.63) is 58.1 Å². The number of nitrogens with one attached hydrogen (secondary N) is 1. The second-order valence-corrected chi connectivity index (χ2v) is 6.45. The van der Waals surface area contributed by atoms with Crippen LogP contribution in [-0.2, 0) is 19.7 Å². The highest BCUT2D eigenvalue weighted by Gasteiger charge is 2.13. The molecule has 0 unspecified atom stereocenters. The molecular weight excluding hydrogens is 366 g/mol. The monoisotopic (exact) mass is 387 g/mol. The summed E-state index contributed by atoms with van der Waals surface area (Å²) in [5, 5.41) is 15.6. The molecule has 7 nitrogen and oxygen atoms in total. The zero-order chi connectivity index (χ0) is 19.2. The molecule has 0 spiro atoms. The molecule has 0 radical (unpaired) electrons. The van der Waals surface area contributed by atoms with E-state index in [1.165, 1.54) is 10.4 Å². The maximum Gasteiger partial charge on any atom is 0.263 e. The van der Waals surface area contributed by atoms with E-state index in [1.807, 2.05) is 31.2 Å². The molecule has 27 heavy (non-hydrogen) atoms. The molecule has 0 aliphatic heterocycles. The smallest absolute Gasteiger partial charge is 0.263 e. The number of ether oxygens (including phenoxy) is 2. The van der Waals surface area contributed by atoms with Crippen LogP contribution in [0.4, 0.5) is 5.95 Å². The highest BCUT2D eigenvalue weighted by atomic mass is 35.5. The molecule has 2 aromatic carbocycles. The fourth-order valence-electron chi connectivity index (χ4n) is 2.48. The van der Waals surface area contributed by atoms with Crippen LogP contribution in [0.15, 0.2) is 36.4 Å². The Balaban J connectivity index is 1.69. The molecule has 0 bridgehead atoms. The lowest BCUT2D eigenvalue weighted by Gasteiger charge is -2.14. The van der Waals surface area contributed by atoms with Gasteiger partial charge in [-0.25, -0.2) is 0 Å². The second kappa shape index (κ2) is 8.73. The molecular formula is C19H22ClN5O2. The Hall–Kier alpha value is -2.80. The van der Waals surface area contributed by atoms with Crippen molar-refractivity contribution >= 4 is 17.5 Å². The highest BCUT2D eigenvalue weighted by Crippen LogP contribution is 2.37. The zero-order valence-electron chi connectivity index (χ0n) is 15.6. The van der Waals surface area contributed by atoms with Gasteiger partial charge in [-0.1, -0.05) is 46.5 Å². The Morgan fingerprint density at radius 3 is 2.59 bits per heavy atom. The molecule has 0 atom stereocenters. The summed E-state index contributed by atoms with van der Waals surface area (Å²) in [5.41, 5.74) is 3.20. The van der Waals surface area contributed by atoms with E-state index in [4.69, 9.17) is 21.1 Å². The van der Waals surface area contributed by atoms with Crippen LogP contribution >= 0.6 is 11.6 Å². The Kier molecular flexibility index (Phi) is 6.13. The third kappa shape index (κ3) is 4.89. The minimum Gasteiger partial charge on any atom is -0.493 e. The summed E-state index contributed by atoms with van der Waals surface area (Å²) < 4.78 is 11.4. The first-order valence-corrected chi connectivity index (χ1v) is 9.03. The summed E-state index contributed by atoms with van der Waals surface area (Å²) in [5.74, 6) is 1.57. The van der Waals surface area contributed by atoms with Gasteiger partial charge in [0.05, 0.1) is 18.7 Å². The maximum absolute atomic E-state index is 6.43. The zero-order valence-corrected chi connectivity index (χ0v) is 16.3. The van der Waals surface area contributed by atoms with Gasteiger partial charge in [0.15, 0.2) is 11.5 Å². The predicted octanol–water partition coefficient (Wildman–Crippen LogP) is 3.85. The number of benzene rings is 2. The molecule has 1 heterocycles. The van der Waals surface area contributed by atoms with Gasteiger partial charge in [-0.15, -0.1) is 5.10 Å². The molecule has 8 heteroatoms. The van der Waals surface area contributed by atoms with Crippen molar-refractivity contribution in [1.29, 1.82) is 0 Å². The van der Waals surface area contributed by atoms with E-state index in [0.717, 1.165) is 11.1 Å². The van der Waals surface area contributed by atoms with Crippen LogP contribution in [0, 0.1) is 6.92 Å². The molecule has 1 N–H and O–H groups in total. The molecule has 0 aliphatic carbocycles. The quantitative estimate of drug-likeness (QED) is 0.632. The van der Waals surface area contributed by atoms with Crippen molar-refractivity contribution in [3.8, 4) is 11.5 Å². The van der Waals surface area contributed by atoms with Crippen LogP contribution in [-0.4, -0.2) is 27.3 Å². The van der Waals surface area contributed by atoms with Crippen molar-refractivity contribution in [2.45, 2.75) is 33.5 Å². The van der Waals surface area contributed by atoms with E-state index in [1.54, 1.807) is 7.11 Å². The Bertz CT molecular complexity index is 896. The molecule has 0 aliphatic rings. The van der Waals surface area contributed by atoms with Gasteiger partial charge >= 0.3 is 0 Å². The average Bonchev–Trinajstić information content (AvgIpc) is 3.14. The lowest BCUT2D eigenvalue weighted by Crippen LogP contribution is -2.04. The normalized spacial score (nSPS) is 10.7. The van der Waals surface area contributed by atoms with Crippen molar-refractivity contribution in [3.63, 3.8) is 0 Å². The second-order valence-electron chi connectivity index (χ2n) is 6.04. The number of hydrogen-bond donors (Lipinski definition) is 1. The number of aryl methyl sites for hydroxylation is 2. The summed E-state index contributed by atoms with van der Waals surface area (Å²) in [7, 11) is 1.59. The minimum atomic E-state index is 0.415. The van der Waals surface area contributed by atoms with Gasteiger partial charge in [-0.2, -0.15) is 4.80 Å². The summed E-state index contributed by atoms with van der Waals surface area (Å²) in [4.78, 5) is 1.51. The van der Waals surface area contributed by atoms with Crippen LogP contribution < -0.4 is 14.8 Å². The number of tetrazole rings is 1. The van der Waals surface area contributed by atoms with Crippen molar-refractivity contribution < 1.29 is 9.47 Å². The van der Waals surface area contributed by atoms with E-state index in [2.05, 4.69) is 39.8 Å². The topological polar surface area (TPSA) is 74.1 Å². The molecule has 0 amide bonds. The third-order valence-electron chi connectivity index (χ3n) is 3.98. The molecule has 3 aromatic rings. The number of methoxy groups -OCH3 is 1. The van der Waals surface area contributed by atoms with Crippen molar-refractivity contribution in [1.82, 2.24) is 20.2 Å². The van der Waals surface area contributed by atoms with E-state index in [-0.39, 0.29) is 0 Å². The van der Waals surface area contributed by atoms with Crippen LogP contribution in [0.25, 0.3) is 0 Å². The molecule has 0 fully saturated rings. The Morgan fingerprint density at radius 1 is 1.15 bits per heavy atom. The first-order valence-electron chi connectivity index (χ1n) is 8.65. The molecule has 0 saturated heterocycles. The molecule has 0 saturated carbocycles. The fourth-order valence-corrected chi connectivity index (χ4v) is 2.77. The summed E-state index contributed by atoms with van der Waals surface area (Å²) in [6.45, 7) is 5.57. The van der Waals surface area contributed by atoms with Crippen LogP contribution in [0.5, 0.6) is 11.5 Å². The van der Waals surface area contributed by atoms with Gasteiger partial charge in [0.1, 0.15) is 6.61 Å². The summed E-state index contributed by atoms with van der Waals surface area (Å²) >= 11 is 6.43. The van der Waals surface area contributed by atoms with E-state index in [0.29, 0.717) is 42.2 Å². The highest BCUT2D eigenvalue weighted by molar-refractivity contribution is 6.32. The molecule has 3 rings (SSSR count). The summed E-state index contributed by atoms with van der Waals surface area (Å²) in [6.07, 6.45) is 0. The largest absolute Gasteiger partial charge is 0.493 e. The number of rotatable bonds is 8. The summed E-state index contributed by atoms with van der Waals surface area (Å²) in [6, 6.07) is 11.9. The van der Waals surface area contributed by atoms with Gasteiger partial charge in [0, 0.05) is 6.54 Å². The lowest BCUT2D eigenvalue weighted by molar-refractivity contribution is 0.284. The Labute approximate surface area is 163 Å². The van der Waals surface area contributed by atoms with E-state index in [9.17, 15) is 0 Å². The average molecular weight is 388 g/mol. The van der Waals surface area contributed by atoms with E-state index < -0.39 is 0 Å². The molecule has 142 valence electrons. The lowest BCUT2D eigenvalue weighted by atomic mass is 10.1. The van der Waals surface area contributed by atoms with Gasteiger partial charge in [-0.3, -0.25) is 0 Å². The van der Waals surface area contributed by atoms with Gasteiger partial charge in [-0.05, 0) is 42.3 Å². The van der Waals surface area contributed by atoms with Gasteiger partial charge in [0.25, 0.3) is 5.95 Å². The number of hydrogen-bond acceptors (Lipinski definition) is 6. The minimum absolute atomic E-state index is 0.415. The Morgan fingerprint density at radius 2 is 1.93 bits per heavy atom. The number of nitrogens with zero attached hydrogens (tertiary/aromatic N) is 4. The number of aromatic nitrogens is 4. The SMILES string of the molecule is CCn1nnc(NCc2cc(Cl)c(OCc3ccc(C)cc3)c(OC)c2)n1. The first-order chi connectivity index (χ1) is 13.1. The number of halogens is 1. The maximum atomic E-state index is 6.43. The fraction of sp³-hybridized carbons (Fsp3) is 0.316. The van der Waals surface area contributed by atoms with Gasteiger partial charge < -0.3 is 14.8 Å². The van der Waals surface area contributed by atoms with E-state index >= 15 is 0 Å². The van der Waals surface area contributed by atoms with Crippen LogP contribution in [0.2, 0.25) is 5.02 Å². The number of anilines is 1.